The topological polar surface area (TPSA) is 95.3 Å². The minimum Gasteiger partial charge on any atom is -0.493 e. The number of nitrogens with zero attached hydrogens (tertiary/aromatic N) is 4. The first-order valence-corrected chi connectivity index (χ1v) is 13.8. The van der Waals surface area contributed by atoms with Crippen LogP contribution in [0.5, 0.6) is 11.5 Å². The van der Waals surface area contributed by atoms with Crippen molar-refractivity contribution >= 4 is 10.0 Å². The van der Waals surface area contributed by atoms with E-state index in [0.29, 0.717) is 36.8 Å². The van der Waals surface area contributed by atoms with Crippen molar-refractivity contribution in [3.8, 4) is 17.6 Å². The number of hydrogen-bond acceptors (Lipinski definition) is 8. The lowest BCUT2D eigenvalue weighted by Crippen LogP contribution is -2.60. The van der Waals surface area contributed by atoms with Crippen LogP contribution in [-0.4, -0.2) is 101 Å². The molecule has 2 unspecified atom stereocenters. The predicted octanol–water partition coefficient (Wildman–Crippen LogP) is 1.58. The summed E-state index contributed by atoms with van der Waals surface area (Å²) in [6.45, 7) is 6.32. The number of sulfonamides is 1. The van der Waals surface area contributed by atoms with Crippen molar-refractivity contribution < 1.29 is 22.6 Å². The minimum absolute atomic E-state index is 0.103. The van der Waals surface area contributed by atoms with Crippen LogP contribution in [0.2, 0.25) is 0 Å². The van der Waals surface area contributed by atoms with Gasteiger partial charge < -0.3 is 14.2 Å². The second kappa shape index (κ2) is 10.7. The molecule has 0 spiro atoms. The van der Waals surface area contributed by atoms with Gasteiger partial charge in [0.05, 0.1) is 35.3 Å². The Morgan fingerprint density at radius 3 is 2.44 bits per heavy atom. The quantitative estimate of drug-likeness (QED) is 0.500. The molecule has 0 saturated carbocycles. The molecule has 3 heterocycles. The summed E-state index contributed by atoms with van der Waals surface area (Å²) in [7, 11) is -1.90. The normalized spacial score (nSPS) is 22.1. The highest BCUT2D eigenvalue weighted by atomic mass is 32.2. The Hall–Kier alpha value is -2.68. The molecule has 3 aliphatic heterocycles. The Balaban J connectivity index is 1.07. The van der Waals surface area contributed by atoms with E-state index in [9.17, 15) is 8.42 Å². The molecule has 0 aromatic heterocycles. The van der Waals surface area contributed by atoms with Crippen LogP contribution >= 0.6 is 0 Å². The lowest BCUT2D eigenvalue weighted by molar-refractivity contribution is -0.139. The maximum atomic E-state index is 13.1. The predicted molar refractivity (Wildman–Crippen MR) is 134 cm³/mol. The maximum absolute atomic E-state index is 13.1. The number of hydrogen-bond donors (Lipinski definition) is 0. The van der Waals surface area contributed by atoms with Gasteiger partial charge in [0, 0.05) is 59.3 Å². The molecule has 9 nitrogen and oxygen atoms in total. The van der Waals surface area contributed by atoms with Crippen LogP contribution < -0.4 is 9.47 Å². The second-order valence-electron chi connectivity index (χ2n) is 9.58. The van der Waals surface area contributed by atoms with Crippen molar-refractivity contribution in [2.24, 2.45) is 0 Å². The molecule has 2 atom stereocenters. The van der Waals surface area contributed by atoms with E-state index in [1.54, 1.807) is 37.4 Å². The Morgan fingerprint density at radius 2 is 1.75 bits per heavy atom. The van der Waals surface area contributed by atoms with Gasteiger partial charge in [-0.3, -0.25) is 9.80 Å². The van der Waals surface area contributed by atoms with Crippen molar-refractivity contribution in [1.82, 2.24) is 14.1 Å². The largest absolute Gasteiger partial charge is 0.493 e. The first kappa shape index (κ1) is 25.0. The summed E-state index contributed by atoms with van der Waals surface area (Å²) >= 11 is 0. The summed E-state index contributed by atoms with van der Waals surface area (Å²) in [6, 6.07) is 14.4. The highest BCUT2D eigenvalue weighted by molar-refractivity contribution is 7.89. The average Bonchev–Trinajstić information content (AvgIpc) is 3.35. The van der Waals surface area contributed by atoms with E-state index in [1.165, 1.54) is 4.31 Å². The highest BCUT2D eigenvalue weighted by Gasteiger charge is 2.35. The van der Waals surface area contributed by atoms with Crippen LogP contribution in [0, 0.1) is 11.3 Å². The number of likely N-dealkylation sites (N-methyl/N-ethyl adjacent to an activating group) is 1. The monoisotopic (exact) mass is 512 g/mol. The van der Waals surface area contributed by atoms with Crippen molar-refractivity contribution in [1.29, 1.82) is 5.26 Å². The van der Waals surface area contributed by atoms with Gasteiger partial charge in [-0.15, -0.1) is 0 Å². The molecule has 2 aromatic rings. The molecule has 2 saturated heterocycles. The van der Waals surface area contributed by atoms with Gasteiger partial charge in [-0.1, -0.05) is 0 Å². The van der Waals surface area contributed by atoms with Gasteiger partial charge in [0.25, 0.3) is 0 Å². The van der Waals surface area contributed by atoms with E-state index in [2.05, 4.69) is 15.9 Å². The maximum Gasteiger partial charge on any atom is 0.242 e. The van der Waals surface area contributed by atoms with E-state index >= 15 is 0 Å². The zero-order chi connectivity index (χ0) is 25.1. The molecular formula is C26H32N4O5S. The number of nitriles is 1. The van der Waals surface area contributed by atoms with E-state index in [1.807, 2.05) is 12.1 Å². The fraction of sp³-hybridized carbons (Fsp3) is 0.500. The van der Waals surface area contributed by atoms with Gasteiger partial charge in [0.1, 0.15) is 18.1 Å². The Labute approximate surface area is 212 Å². The van der Waals surface area contributed by atoms with Crippen molar-refractivity contribution in [2.45, 2.75) is 23.5 Å². The number of fused-ring (bicyclic) bond motifs is 3. The first-order chi connectivity index (χ1) is 17.4. The van der Waals surface area contributed by atoms with Gasteiger partial charge in [-0.25, -0.2) is 8.42 Å². The smallest absolute Gasteiger partial charge is 0.242 e. The van der Waals surface area contributed by atoms with Gasteiger partial charge in [0.15, 0.2) is 0 Å². The van der Waals surface area contributed by atoms with Crippen molar-refractivity contribution in [2.75, 3.05) is 66.1 Å². The highest BCUT2D eigenvalue weighted by Crippen LogP contribution is 2.28. The summed E-state index contributed by atoms with van der Waals surface area (Å²) in [5.74, 6) is 1.55. The van der Waals surface area contributed by atoms with E-state index in [-0.39, 0.29) is 12.2 Å². The molecule has 0 amide bonds. The summed E-state index contributed by atoms with van der Waals surface area (Å²) in [5, 5.41) is 8.90. The van der Waals surface area contributed by atoms with Crippen LogP contribution in [0.3, 0.4) is 0 Å². The Morgan fingerprint density at radius 1 is 1.06 bits per heavy atom. The van der Waals surface area contributed by atoms with E-state index in [0.717, 1.165) is 56.2 Å². The second-order valence-corrected chi connectivity index (χ2v) is 11.6. The number of morpholine rings is 2. The van der Waals surface area contributed by atoms with Gasteiger partial charge in [-0.05, 0) is 48.0 Å². The molecule has 2 aromatic carbocycles. The molecule has 0 radical (unpaired) electrons. The molecule has 0 N–H and O–H groups in total. The van der Waals surface area contributed by atoms with Crippen LogP contribution in [0.4, 0.5) is 0 Å². The minimum atomic E-state index is -3.54. The Kier molecular flexibility index (Phi) is 7.46. The number of benzene rings is 2. The summed E-state index contributed by atoms with van der Waals surface area (Å²) in [6.07, 6.45) is 0.953. The fourth-order valence-corrected chi connectivity index (χ4v) is 6.26. The molecule has 10 heteroatoms. The molecule has 3 aliphatic rings. The zero-order valence-electron chi connectivity index (χ0n) is 20.5. The summed E-state index contributed by atoms with van der Waals surface area (Å²) < 4.78 is 45.1. The third kappa shape index (κ3) is 5.66. The fourth-order valence-electron chi connectivity index (χ4n) is 5.05. The van der Waals surface area contributed by atoms with Gasteiger partial charge in [-0.2, -0.15) is 9.57 Å². The van der Waals surface area contributed by atoms with E-state index in [4.69, 9.17) is 19.5 Å². The average molecular weight is 513 g/mol. The number of ether oxygens (including phenoxy) is 3. The number of rotatable bonds is 9. The summed E-state index contributed by atoms with van der Waals surface area (Å²) in [5.41, 5.74) is 1.58. The molecule has 36 heavy (non-hydrogen) atoms. The Bertz CT molecular complexity index is 1200. The lowest BCUT2D eigenvalue weighted by atomic mass is 10.1. The molecule has 0 aliphatic carbocycles. The standard InChI is InChI=1S/C26H32N4O5S/c1-28(36(31,32)25-6-7-26-21(14-25)8-12-34-26)9-10-29-16-23-18-30(19-24(17-29)35-23)11-13-33-22-4-2-20(15-27)3-5-22/h2-7,14,23-24H,8-13,16-19H2,1H3. The zero-order valence-corrected chi connectivity index (χ0v) is 21.3. The van der Waals surface area contributed by atoms with Gasteiger partial charge in [0.2, 0.25) is 10.0 Å². The van der Waals surface area contributed by atoms with Crippen molar-refractivity contribution in [3.63, 3.8) is 0 Å². The van der Waals surface area contributed by atoms with Crippen molar-refractivity contribution in [3.05, 3.63) is 53.6 Å². The first-order valence-electron chi connectivity index (χ1n) is 12.4. The van der Waals surface area contributed by atoms with Crippen LogP contribution in [-0.2, 0) is 21.2 Å². The van der Waals surface area contributed by atoms with Crippen LogP contribution in [0.15, 0.2) is 47.4 Å². The molecule has 2 bridgehead atoms. The van der Waals surface area contributed by atoms with E-state index < -0.39 is 10.0 Å². The third-order valence-corrected chi connectivity index (χ3v) is 8.84. The summed E-state index contributed by atoms with van der Waals surface area (Å²) in [4.78, 5) is 5.01. The molecule has 5 rings (SSSR count). The van der Waals surface area contributed by atoms with Crippen LogP contribution in [0.25, 0.3) is 0 Å². The molecule has 2 fully saturated rings. The molecular weight excluding hydrogens is 480 g/mol. The van der Waals surface area contributed by atoms with Crippen LogP contribution in [0.1, 0.15) is 11.1 Å². The molecule has 192 valence electrons. The lowest BCUT2D eigenvalue weighted by Gasteiger charge is -2.46. The SMILES string of the molecule is CN(CCN1CC2CN(CCOc3ccc(C#N)cc3)CC(C1)O2)S(=O)(=O)c1ccc2c(c1)CCO2. The van der Waals surface area contributed by atoms with Gasteiger partial charge >= 0.3 is 0 Å². The third-order valence-electron chi connectivity index (χ3n) is 6.99.